The van der Waals surface area contributed by atoms with Gasteiger partial charge in [0, 0.05) is 24.3 Å². The number of benzene rings is 2. The van der Waals surface area contributed by atoms with Gasteiger partial charge in [-0.1, -0.05) is 41.4 Å². The highest BCUT2D eigenvalue weighted by Gasteiger charge is 2.17. The lowest BCUT2D eigenvalue weighted by Crippen LogP contribution is -2.30. The summed E-state index contributed by atoms with van der Waals surface area (Å²) in [5.74, 6) is 0. The van der Waals surface area contributed by atoms with E-state index < -0.39 is 0 Å². The van der Waals surface area contributed by atoms with Gasteiger partial charge in [-0.3, -0.25) is 0 Å². The summed E-state index contributed by atoms with van der Waals surface area (Å²) >= 11 is 5.95. The van der Waals surface area contributed by atoms with E-state index in [0.717, 1.165) is 5.02 Å². The maximum Gasteiger partial charge on any atom is 0.0661 e. The third kappa shape index (κ3) is 3.14. The summed E-state index contributed by atoms with van der Waals surface area (Å²) in [4.78, 5) is 2.23. The molecule has 2 N–H and O–H groups in total. The van der Waals surface area contributed by atoms with Crippen molar-refractivity contribution in [3.05, 3.63) is 64.2 Å². The number of nitrogens with two attached hydrogens (primary N) is 1. The van der Waals surface area contributed by atoms with Crippen LogP contribution in [0.1, 0.15) is 22.7 Å². The predicted octanol–water partition coefficient (Wildman–Crippen LogP) is 4.09. The van der Waals surface area contributed by atoms with Gasteiger partial charge in [0.25, 0.3) is 0 Å². The highest BCUT2D eigenvalue weighted by atomic mass is 35.5. The Bertz CT molecular complexity index is 578. The number of aryl methyl sites for hydroxylation is 2. The van der Waals surface area contributed by atoms with Gasteiger partial charge in [-0.15, -0.1) is 0 Å². The van der Waals surface area contributed by atoms with E-state index >= 15 is 0 Å². The Morgan fingerprint density at radius 2 is 1.75 bits per heavy atom. The standard InChI is InChI=1S/C17H21ClN2/c1-12-4-9-16(13(2)10-12)20(3)17(11-19)14-5-7-15(18)8-6-14/h4-10,17H,11,19H2,1-3H3. The number of hydrogen-bond donors (Lipinski definition) is 1. The monoisotopic (exact) mass is 288 g/mol. The van der Waals surface area contributed by atoms with Crippen LogP contribution < -0.4 is 10.6 Å². The molecule has 0 aliphatic carbocycles. The van der Waals surface area contributed by atoms with Gasteiger partial charge >= 0.3 is 0 Å². The first-order chi connectivity index (χ1) is 9.52. The molecule has 0 aliphatic heterocycles. The molecule has 0 radical (unpaired) electrons. The number of nitrogens with zero attached hydrogens (tertiary/aromatic N) is 1. The van der Waals surface area contributed by atoms with E-state index in [0.29, 0.717) is 6.54 Å². The van der Waals surface area contributed by atoms with Crippen molar-refractivity contribution in [3.63, 3.8) is 0 Å². The number of halogens is 1. The van der Waals surface area contributed by atoms with E-state index in [9.17, 15) is 0 Å². The second kappa shape index (κ2) is 6.29. The molecule has 0 saturated carbocycles. The lowest BCUT2D eigenvalue weighted by atomic mass is 10.0. The lowest BCUT2D eigenvalue weighted by Gasteiger charge is -2.31. The van der Waals surface area contributed by atoms with Crippen LogP contribution in [0.2, 0.25) is 5.02 Å². The molecule has 2 aromatic carbocycles. The smallest absolute Gasteiger partial charge is 0.0661 e. The fourth-order valence-corrected chi connectivity index (χ4v) is 2.70. The van der Waals surface area contributed by atoms with E-state index in [1.807, 2.05) is 24.3 Å². The molecule has 0 amide bonds. The lowest BCUT2D eigenvalue weighted by molar-refractivity contribution is 0.679. The first kappa shape index (κ1) is 14.9. The van der Waals surface area contributed by atoms with E-state index in [4.69, 9.17) is 17.3 Å². The normalized spacial score (nSPS) is 12.2. The first-order valence-electron chi connectivity index (χ1n) is 6.78. The van der Waals surface area contributed by atoms with Crippen LogP contribution in [0.5, 0.6) is 0 Å². The van der Waals surface area contributed by atoms with Gasteiger partial charge in [-0.05, 0) is 43.2 Å². The Labute approximate surface area is 126 Å². The third-order valence-corrected chi connectivity index (χ3v) is 3.93. The van der Waals surface area contributed by atoms with Gasteiger partial charge < -0.3 is 10.6 Å². The average molecular weight is 289 g/mol. The van der Waals surface area contributed by atoms with Crippen molar-refractivity contribution in [1.29, 1.82) is 0 Å². The molecule has 0 bridgehead atoms. The minimum Gasteiger partial charge on any atom is -0.366 e. The van der Waals surface area contributed by atoms with Gasteiger partial charge in [0.15, 0.2) is 0 Å². The zero-order chi connectivity index (χ0) is 14.7. The van der Waals surface area contributed by atoms with E-state index in [2.05, 4.69) is 44.0 Å². The molecule has 0 spiro atoms. The predicted molar refractivity (Wildman–Crippen MR) is 87.6 cm³/mol. The molecule has 2 rings (SSSR count). The maximum absolute atomic E-state index is 5.99. The van der Waals surface area contributed by atoms with Gasteiger partial charge in [0.05, 0.1) is 6.04 Å². The van der Waals surface area contributed by atoms with Crippen LogP contribution in [-0.2, 0) is 0 Å². The molecule has 3 heteroatoms. The van der Waals surface area contributed by atoms with Crippen LogP contribution in [0.25, 0.3) is 0 Å². The molecule has 2 nitrogen and oxygen atoms in total. The van der Waals surface area contributed by atoms with Crippen molar-refractivity contribution >= 4 is 17.3 Å². The van der Waals surface area contributed by atoms with Gasteiger partial charge in [0.1, 0.15) is 0 Å². The number of likely N-dealkylation sites (N-methyl/N-ethyl adjacent to an activating group) is 1. The molecular weight excluding hydrogens is 268 g/mol. The summed E-state index contributed by atoms with van der Waals surface area (Å²) in [5, 5.41) is 0.749. The molecule has 1 atom stereocenters. The van der Waals surface area contributed by atoms with Crippen LogP contribution in [0.15, 0.2) is 42.5 Å². The molecule has 0 aromatic heterocycles. The molecule has 0 saturated heterocycles. The van der Waals surface area contributed by atoms with Crippen LogP contribution in [0, 0.1) is 13.8 Å². The Kier molecular flexibility index (Phi) is 4.69. The molecule has 1 unspecified atom stereocenters. The number of rotatable bonds is 4. The summed E-state index contributed by atoms with van der Waals surface area (Å²) in [6.07, 6.45) is 0. The molecule has 20 heavy (non-hydrogen) atoms. The zero-order valence-electron chi connectivity index (χ0n) is 12.2. The number of hydrogen-bond acceptors (Lipinski definition) is 2. The minimum atomic E-state index is 0.147. The van der Waals surface area contributed by atoms with E-state index in [1.54, 1.807) is 0 Å². The minimum absolute atomic E-state index is 0.147. The molecule has 0 heterocycles. The Hall–Kier alpha value is -1.51. The van der Waals surface area contributed by atoms with E-state index in [-0.39, 0.29) is 6.04 Å². The highest BCUT2D eigenvalue weighted by molar-refractivity contribution is 6.30. The van der Waals surface area contributed by atoms with Gasteiger partial charge in [-0.25, -0.2) is 0 Å². The molecule has 106 valence electrons. The Balaban J connectivity index is 2.33. The summed E-state index contributed by atoms with van der Waals surface area (Å²) in [5.41, 5.74) is 10.9. The highest BCUT2D eigenvalue weighted by Crippen LogP contribution is 2.28. The van der Waals surface area contributed by atoms with Crippen molar-refractivity contribution in [2.45, 2.75) is 19.9 Å². The third-order valence-electron chi connectivity index (χ3n) is 3.68. The molecule has 0 fully saturated rings. The van der Waals surface area contributed by atoms with Crippen molar-refractivity contribution in [2.75, 3.05) is 18.5 Å². The second-order valence-corrected chi connectivity index (χ2v) is 5.64. The van der Waals surface area contributed by atoms with Gasteiger partial charge in [0.2, 0.25) is 0 Å². The molecule has 0 aliphatic rings. The fraction of sp³-hybridized carbons (Fsp3) is 0.294. The number of anilines is 1. The summed E-state index contributed by atoms with van der Waals surface area (Å²) < 4.78 is 0. The topological polar surface area (TPSA) is 29.3 Å². The summed E-state index contributed by atoms with van der Waals surface area (Å²) in [6.45, 7) is 4.80. The second-order valence-electron chi connectivity index (χ2n) is 5.20. The largest absolute Gasteiger partial charge is 0.366 e. The van der Waals surface area contributed by atoms with Crippen molar-refractivity contribution < 1.29 is 0 Å². The van der Waals surface area contributed by atoms with Crippen LogP contribution >= 0.6 is 11.6 Å². The quantitative estimate of drug-likeness (QED) is 0.918. The van der Waals surface area contributed by atoms with Crippen LogP contribution in [0.4, 0.5) is 5.69 Å². The average Bonchev–Trinajstić information content (AvgIpc) is 2.41. The maximum atomic E-state index is 5.99. The molecular formula is C17H21ClN2. The van der Waals surface area contributed by atoms with Crippen molar-refractivity contribution in [2.24, 2.45) is 5.73 Å². The fourth-order valence-electron chi connectivity index (χ4n) is 2.57. The van der Waals surface area contributed by atoms with Gasteiger partial charge in [-0.2, -0.15) is 0 Å². The van der Waals surface area contributed by atoms with Crippen molar-refractivity contribution in [1.82, 2.24) is 0 Å². The van der Waals surface area contributed by atoms with E-state index in [1.165, 1.54) is 22.4 Å². The van der Waals surface area contributed by atoms with Crippen LogP contribution in [0.3, 0.4) is 0 Å². The Morgan fingerprint density at radius 3 is 2.30 bits per heavy atom. The van der Waals surface area contributed by atoms with Crippen molar-refractivity contribution in [3.8, 4) is 0 Å². The Morgan fingerprint density at radius 1 is 1.10 bits per heavy atom. The first-order valence-corrected chi connectivity index (χ1v) is 7.16. The summed E-state index contributed by atoms with van der Waals surface area (Å²) in [7, 11) is 2.09. The van der Waals surface area contributed by atoms with Crippen LogP contribution in [-0.4, -0.2) is 13.6 Å². The SMILES string of the molecule is Cc1ccc(N(C)C(CN)c2ccc(Cl)cc2)c(C)c1. The molecule has 2 aromatic rings. The zero-order valence-corrected chi connectivity index (χ0v) is 13.0. The summed E-state index contributed by atoms with van der Waals surface area (Å²) in [6, 6.07) is 14.5.